The van der Waals surface area contributed by atoms with Crippen LogP contribution in [0.1, 0.15) is 32.4 Å². The van der Waals surface area contributed by atoms with Gasteiger partial charge in [0.2, 0.25) is 16.0 Å². The van der Waals surface area contributed by atoms with Gasteiger partial charge in [0.05, 0.1) is 11.5 Å². The van der Waals surface area contributed by atoms with E-state index in [9.17, 15) is 8.42 Å². The monoisotopic (exact) mass is 433 g/mol. The first-order valence-electron chi connectivity index (χ1n) is 10.5. The second-order valence-electron chi connectivity index (χ2n) is 7.29. The molecule has 1 aliphatic heterocycles. The Balaban J connectivity index is 1.64. The van der Waals surface area contributed by atoms with E-state index in [1.807, 2.05) is 24.8 Å². The number of benzene rings is 1. The highest BCUT2D eigenvalue weighted by atomic mass is 32.2. The minimum absolute atomic E-state index is 0.292. The van der Waals surface area contributed by atoms with Crippen LogP contribution in [-0.2, 0) is 10.0 Å². The lowest BCUT2D eigenvalue weighted by molar-refractivity contribution is 0.309. The van der Waals surface area contributed by atoms with E-state index < -0.39 is 10.0 Å². The van der Waals surface area contributed by atoms with Crippen molar-refractivity contribution in [1.82, 2.24) is 14.3 Å². The second-order valence-corrected chi connectivity index (χ2v) is 9.23. The van der Waals surface area contributed by atoms with E-state index in [1.54, 1.807) is 24.3 Å². The summed E-state index contributed by atoms with van der Waals surface area (Å²) in [5, 5.41) is 3.21. The predicted octanol–water partition coefficient (Wildman–Crippen LogP) is 2.91. The van der Waals surface area contributed by atoms with Crippen LogP contribution in [-0.4, -0.2) is 62.0 Å². The molecule has 9 heteroatoms. The number of ether oxygens (including phenoxy) is 1. The molecular formula is C21H31N5O3S. The van der Waals surface area contributed by atoms with Gasteiger partial charge < -0.3 is 15.0 Å². The van der Waals surface area contributed by atoms with Gasteiger partial charge >= 0.3 is 0 Å². The molecule has 0 saturated carbocycles. The summed E-state index contributed by atoms with van der Waals surface area (Å²) in [7, 11) is -3.54. The molecule has 1 N–H and O–H groups in total. The van der Waals surface area contributed by atoms with Crippen molar-refractivity contribution in [3.63, 3.8) is 0 Å². The molecule has 0 spiro atoms. The van der Waals surface area contributed by atoms with E-state index in [-0.39, 0.29) is 0 Å². The normalized spacial score (nSPS) is 15.2. The van der Waals surface area contributed by atoms with Crippen molar-refractivity contribution in [2.75, 3.05) is 49.5 Å². The van der Waals surface area contributed by atoms with Crippen LogP contribution >= 0.6 is 0 Å². The van der Waals surface area contributed by atoms with E-state index in [0.717, 1.165) is 30.9 Å². The third-order valence-electron chi connectivity index (χ3n) is 4.95. The molecule has 2 aromatic rings. The van der Waals surface area contributed by atoms with Crippen molar-refractivity contribution in [1.29, 1.82) is 0 Å². The number of hydrogen-bond donors (Lipinski definition) is 1. The van der Waals surface area contributed by atoms with Crippen molar-refractivity contribution in [3.8, 4) is 5.75 Å². The summed E-state index contributed by atoms with van der Waals surface area (Å²) >= 11 is 0. The second kappa shape index (κ2) is 10.1. The van der Waals surface area contributed by atoms with Gasteiger partial charge in [-0.15, -0.1) is 0 Å². The Morgan fingerprint density at radius 1 is 1.07 bits per heavy atom. The topological polar surface area (TPSA) is 87.7 Å². The van der Waals surface area contributed by atoms with Gasteiger partial charge in [0.1, 0.15) is 11.6 Å². The van der Waals surface area contributed by atoms with Gasteiger partial charge in [-0.25, -0.2) is 13.4 Å². The van der Waals surface area contributed by atoms with Crippen LogP contribution < -0.4 is 15.0 Å². The molecule has 1 aromatic carbocycles. The molecule has 0 aliphatic carbocycles. The van der Waals surface area contributed by atoms with E-state index in [4.69, 9.17) is 4.74 Å². The van der Waals surface area contributed by atoms with Crippen LogP contribution in [0.4, 0.5) is 11.8 Å². The number of unbranched alkanes of at least 4 members (excludes halogenated alkanes) is 1. The van der Waals surface area contributed by atoms with Crippen LogP contribution in [0, 0.1) is 6.92 Å². The summed E-state index contributed by atoms with van der Waals surface area (Å²) in [6.45, 7) is 9.36. The Labute approximate surface area is 179 Å². The number of sulfonamides is 1. The van der Waals surface area contributed by atoms with Gasteiger partial charge in [-0.1, -0.05) is 13.3 Å². The van der Waals surface area contributed by atoms with Crippen molar-refractivity contribution in [2.45, 2.75) is 38.5 Å². The van der Waals surface area contributed by atoms with Crippen molar-refractivity contribution < 1.29 is 13.2 Å². The largest absolute Gasteiger partial charge is 0.494 e. The summed E-state index contributed by atoms with van der Waals surface area (Å²) in [5.74, 6) is 2.12. The molecule has 1 aliphatic rings. The van der Waals surface area contributed by atoms with Gasteiger partial charge in [-0.3, -0.25) is 0 Å². The first kappa shape index (κ1) is 22.3. The quantitative estimate of drug-likeness (QED) is 0.608. The smallest absolute Gasteiger partial charge is 0.243 e. The SMILES string of the molecule is CCCCOc1ccc(S(=O)(=O)N2CCN(c3nc(C)cc(NCC)n3)CC2)cc1. The Morgan fingerprint density at radius 3 is 2.40 bits per heavy atom. The summed E-state index contributed by atoms with van der Waals surface area (Å²) in [6.07, 6.45) is 2.04. The Bertz CT molecular complexity index is 926. The zero-order valence-corrected chi connectivity index (χ0v) is 18.8. The number of aromatic nitrogens is 2. The summed E-state index contributed by atoms with van der Waals surface area (Å²) in [5.41, 5.74) is 0.882. The first-order chi connectivity index (χ1) is 14.4. The Hall–Kier alpha value is -2.39. The maximum atomic E-state index is 13.0. The van der Waals surface area contributed by atoms with Crippen molar-refractivity contribution in [3.05, 3.63) is 36.0 Å². The van der Waals surface area contributed by atoms with Crippen LogP contribution in [0.15, 0.2) is 35.2 Å². The molecule has 0 bridgehead atoms. The molecule has 8 nitrogen and oxygen atoms in total. The molecule has 0 radical (unpaired) electrons. The molecule has 2 heterocycles. The molecule has 1 fully saturated rings. The third-order valence-corrected chi connectivity index (χ3v) is 6.86. The highest BCUT2D eigenvalue weighted by molar-refractivity contribution is 7.89. The number of hydrogen-bond acceptors (Lipinski definition) is 7. The number of nitrogens with one attached hydrogen (secondary N) is 1. The standard InChI is InChI=1S/C21H31N5O3S/c1-4-6-15-29-18-7-9-19(10-8-18)30(27,28)26-13-11-25(12-14-26)21-23-17(3)16-20(24-21)22-5-2/h7-10,16H,4-6,11-15H2,1-3H3,(H,22,23,24). The Kier molecular flexibility index (Phi) is 7.49. The third kappa shape index (κ3) is 5.40. The fourth-order valence-corrected chi connectivity index (χ4v) is 4.71. The predicted molar refractivity (Wildman–Crippen MR) is 119 cm³/mol. The minimum Gasteiger partial charge on any atom is -0.494 e. The van der Waals surface area contributed by atoms with Gasteiger partial charge in [0, 0.05) is 44.5 Å². The highest BCUT2D eigenvalue weighted by Gasteiger charge is 2.29. The number of rotatable bonds is 9. The maximum Gasteiger partial charge on any atom is 0.243 e. The molecule has 30 heavy (non-hydrogen) atoms. The fourth-order valence-electron chi connectivity index (χ4n) is 3.29. The van der Waals surface area contributed by atoms with Gasteiger partial charge in [-0.2, -0.15) is 9.29 Å². The lowest BCUT2D eigenvalue weighted by Crippen LogP contribution is -2.49. The molecule has 3 rings (SSSR count). The molecule has 0 unspecified atom stereocenters. The number of nitrogens with zero attached hydrogens (tertiary/aromatic N) is 4. The van der Waals surface area contributed by atoms with E-state index >= 15 is 0 Å². The Morgan fingerprint density at radius 2 is 1.77 bits per heavy atom. The summed E-state index contributed by atoms with van der Waals surface area (Å²) in [4.78, 5) is 11.4. The van der Waals surface area contributed by atoms with E-state index in [0.29, 0.717) is 49.4 Å². The lowest BCUT2D eigenvalue weighted by Gasteiger charge is -2.34. The summed E-state index contributed by atoms with van der Waals surface area (Å²) in [6, 6.07) is 8.59. The van der Waals surface area contributed by atoms with Crippen LogP contribution in [0.3, 0.4) is 0 Å². The highest BCUT2D eigenvalue weighted by Crippen LogP contribution is 2.22. The zero-order valence-electron chi connectivity index (χ0n) is 18.0. The van der Waals surface area contributed by atoms with Crippen molar-refractivity contribution in [2.24, 2.45) is 0 Å². The molecule has 0 amide bonds. The molecule has 1 saturated heterocycles. The van der Waals surface area contributed by atoms with Gasteiger partial charge in [0.15, 0.2) is 0 Å². The summed E-state index contributed by atoms with van der Waals surface area (Å²) < 4.78 is 33.2. The van der Waals surface area contributed by atoms with Crippen LogP contribution in [0.5, 0.6) is 5.75 Å². The van der Waals surface area contributed by atoms with Gasteiger partial charge in [0.25, 0.3) is 0 Å². The van der Waals surface area contributed by atoms with E-state index in [1.165, 1.54) is 4.31 Å². The van der Waals surface area contributed by atoms with E-state index in [2.05, 4.69) is 22.2 Å². The molecule has 1 aromatic heterocycles. The first-order valence-corrected chi connectivity index (χ1v) is 12.0. The number of piperazine rings is 1. The fraction of sp³-hybridized carbons (Fsp3) is 0.524. The van der Waals surface area contributed by atoms with Gasteiger partial charge in [-0.05, 0) is 44.5 Å². The average Bonchev–Trinajstić information content (AvgIpc) is 2.74. The molecule has 0 atom stereocenters. The van der Waals surface area contributed by atoms with Crippen LogP contribution in [0.2, 0.25) is 0 Å². The van der Waals surface area contributed by atoms with Crippen LogP contribution in [0.25, 0.3) is 0 Å². The minimum atomic E-state index is -3.54. The molecular weight excluding hydrogens is 402 g/mol. The van der Waals surface area contributed by atoms with Crippen molar-refractivity contribution >= 4 is 21.8 Å². The average molecular weight is 434 g/mol. The molecule has 164 valence electrons. The number of aryl methyl sites for hydroxylation is 1. The number of anilines is 2. The lowest BCUT2D eigenvalue weighted by atomic mass is 10.3. The zero-order chi connectivity index (χ0) is 21.6. The maximum absolute atomic E-state index is 13.0.